The maximum atomic E-state index is 12.3. The summed E-state index contributed by atoms with van der Waals surface area (Å²) >= 11 is 0. The van der Waals surface area contributed by atoms with Gasteiger partial charge in [0.1, 0.15) is 11.3 Å². The van der Waals surface area contributed by atoms with Crippen molar-refractivity contribution in [2.75, 3.05) is 25.0 Å². The predicted octanol–water partition coefficient (Wildman–Crippen LogP) is 5.29. The van der Waals surface area contributed by atoms with E-state index in [1.165, 1.54) is 24.9 Å². The van der Waals surface area contributed by atoms with Crippen LogP contribution < -0.4 is 5.32 Å². The molecule has 7 nitrogen and oxygen atoms in total. The molecular weight excluding hydrogens is 426 g/mol. The van der Waals surface area contributed by atoms with Gasteiger partial charge in [-0.25, -0.2) is 9.97 Å². The quantitative estimate of drug-likeness (QED) is 0.440. The normalized spacial score (nSPS) is 19.1. The van der Waals surface area contributed by atoms with Crippen molar-refractivity contribution in [2.24, 2.45) is 5.92 Å². The molecule has 0 radical (unpaired) electrons. The van der Waals surface area contributed by atoms with E-state index in [1.807, 2.05) is 19.1 Å². The fourth-order valence-corrected chi connectivity index (χ4v) is 5.01. The van der Waals surface area contributed by atoms with Crippen molar-refractivity contribution >= 4 is 33.6 Å². The molecule has 2 aliphatic rings. The monoisotopic (exact) mass is 455 g/mol. The number of benzene rings is 1. The molecule has 1 atom stereocenters. The van der Waals surface area contributed by atoms with Crippen molar-refractivity contribution in [3.63, 3.8) is 0 Å². The minimum atomic E-state index is 0.0397. The Morgan fingerprint density at radius 2 is 2.03 bits per heavy atom. The van der Waals surface area contributed by atoms with Gasteiger partial charge in [-0.1, -0.05) is 13.0 Å². The highest BCUT2D eigenvalue weighted by Crippen LogP contribution is 2.35. The van der Waals surface area contributed by atoms with Gasteiger partial charge in [0, 0.05) is 41.3 Å². The standard InChI is InChI=1S/C27H29N5O2/c1-3-32-10-4-5-19(15-32)18-8-9-24-23(11-18)30-27(34-24)22-14-28-16(2)21-13-29-25(12-20(21)22)31-26(33)17-6-7-17/h8-9,11-14,17,19H,3-7,10,15H2,1-2H3,(H,29,31,33)/t19-/m0/s1. The molecule has 34 heavy (non-hydrogen) atoms. The molecule has 1 saturated carbocycles. The third-order valence-electron chi connectivity index (χ3n) is 7.24. The summed E-state index contributed by atoms with van der Waals surface area (Å²) in [4.78, 5) is 28.6. The average molecular weight is 456 g/mol. The molecule has 3 aromatic heterocycles. The number of aryl methyl sites for hydroxylation is 1. The lowest BCUT2D eigenvalue weighted by molar-refractivity contribution is -0.117. The fourth-order valence-electron chi connectivity index (χ4n) is 5.01. The summed E-state index contributed by atoms with van der Waals surface area (Å²) < 4.78 is 6.19. The van der Waals surface area contributed by atoms with Crippen LogP contribution in [-0.2, 0) is 4.79 Å². The number of nitrogens with one attached hydrogen (secondary N) is 1. The number of likely N-dealkylation sites (N-methyl/N-ethyl adjacent to an activating group) is 1. The molecule has 1 saturated heterocycles. The summed E-state index contributed by atoms with van der Waals surface area (Å²) in [5.41, 5.74) is 4.64. The largest absolute Gasteiger partial charge is 0.436 e. The molecule has 4 aromatic rings. The van der Waals surface area contributed by atoms with Crippen LogP contribution in [0.1, 0.15) is 49.8 Å². The van der Waals surface area contributed by atoms with E-state index in [0.29, 0.717) is 17.6 Å². The van der Waals surface area contributed by atoms with E-state index >= 15 is 0 Å². The molecule has 1 aliphatic carbocycles. The van der Waals surface area contributed by atoms with Gasteiger partial charge in [0.25, 0.3) is 0 Å². The zero-order valence-corrected chi connectivity index (χ0v) is 19.7. The van der Waals surface area contributed by atoms with E-state index < -0.39 is 0 Å². The summed E-state index contributed by atoms with van der Waals surface area (Å²) in [5.74, 6) is 1.78. The van der Waals surface area contributed by atoms with Gasteiger partial charge in [-0.15, -0.1) is 0 Å². The number of hydrogen-bond acceptors (Lipinski definition) is 6. The predicted molar refractivity (Wildman–Crippen MR) is 133 cm³/mol. The molecule has 7 heteroatoms. The van der Waals surface area contributed by atoms with Gasteiger partial charge in [-0.05, 0) is 75.4 Å². The van der Waals surface area contributed by atoms with E-state index in [1.54, 1.807) is 12.4 Å². The number of aromatic nitrogens is 3. The Balaban J connectivity index is 1.37. The summed E-state index contributed by atoms with van der Waals surface area (Å²) in [6, 6.07) is 8.31. The first kappa shape index (κ1) is 21.2. The van der Waals surface area contributed by atoms with Gasteiger partial charge in [0.15, 0.2) is 5.58 Å². The molecule has 174 valence electrons. The smallest absolute Gasteiger partial charge is 0.229 e. The van der Waals surface area contributed by atoms with Crippen molar-refractivity contribution in [2.45, 2.75) is 45.4 Å². The van der Waals surface area contributed by atoms with E-state index in [-0.39, 0.29) is 11.8 Å². The van der Waals surface area contributed by atoms with Crippen LogP contribution in [0.15, 0.2) is 41.1 Å². The van der Waals surface area contributed by atoms with E-state index in [0.717, 1.165) is 59.1 Å². The second kappa shape index (κ2) is 8.47. The van der Waals surface area contributed by atoms with Crippen LogP contribution in [0.2, 0.25) is 0 Å². The Kier molecular flexibility index (Phi) is 5.29. The van der Waals surface area contributed by atoms with Crippen molar-refractivity contribution in [3.8, 4) is 11.5 Å². The number of fused-ring (bicyclic) bond motifs is 2. The lowest BCUT2D eigenvalue weighted by atomic mass is 9.90. The maximum Gasteiger partial charge on any atom is 0.229 e. The number of rotatable bonds is 5. The topological polar surface area (TPSA) is 84.2 Å². The second-order valence-corrected chi connectivity index (χ2v) is 9.61. The number of pyridine rings is 2. The Labute approximate surface area is 198 Å². The first-order valence-corrected chi connectivity index (χ1v) is 12.3. The summed E-state index contributed by atoms with van der Waals surface area (Å²) in [5, 5.41) is 4.79. The lowest BCUT2D eigenvalue weighted by Crippen LogP contribution is -2.34. The van der Waals surface area contributed by atoms with Gasteiger partial charge >= 0.3 is 0 Å². The molecule has 0 unspecified atom stereocenters. The number of oxazole rings is 1. The summed E-state index contributed by atoms with van der Waals surface area (Å²) in [6.07, 6.45) is 7.92. The molecule has 2 fully saturated rings. The van der Waals surface area contributed by atoms with Crippen LogP contribution in [0.5, 0.6) is 0 Å². The summed E-state index contributed by atoms with van der Waals surface area (Å²) in [7, 11) is 0. The Morgan fingerprint density at radius 1 is 1.15 bits per heavy atom. The van der Waals surface area contributed by atoms with Gasteiger partial charge in [-0.2, -0.15) is 0 Å². The Hall–Kier alpha value is -3.32. The van der Waals surface area contributed by atoms with Crippen molar-refractivity contribution in [3.05, 3.63) is 47.9 Å². The van der Waals surface area contributed by atoms with Crippen LogP contribution in [0.25, 0.3) is 33.3 Å². The first-order valence-electron chi connectivity index (χ1n) is 12.3. The minimum absolute atomic E-state index is 0.0397. The maximum absolute atomic E-state index is 12.3. The molecule has 1 amide bonds. The number of likely N-dealkylation sites (tertiary alicyclic amines) is 1. The zero-order chi connectivity index (χ0) is 23.2. The van der Waals surface area contributed by atoms with E-state index in [4.69, 9.17) is 9.40 Å². The molecule has 0 bridgehead atoms. The molecule has 1 aromatic carbocycles. The number of hydrogen-bond donors (Lipinski definition) is 1. The molecule has 1 aliphatic heterocycles. The Bertz CT molecular complexity index is 1390. The number of anilines is 1. The lowest BCUT2D eigenvalue weighted by Gasteiger charge is -2.32. The van der Waals surface area contributed by atoms with Gasteiger partial charge in [0.2, 0.25) is 11.8 Å². The van der Waals surface area contributed by atoms with Crippen LogP contribution in [0.4, 0.5) is 5.82 Å². The second-order valence-electron chi connectivity index (χ2n) is 9.61. The third-order valence-corrected chi connectivity index (χ3v) is 7.24. The van der Waals surface area contributed by atoms with Crippen molar-refractivity contribution in [1.82, 2.24) is 19.9 Å². The zero-order valence-electron chi connectivity index (χ0n) is 19.7. The van der Waals surface area contributed by atoms with Crippen LogP contribution in [-0.4, -0.2) is 45.4 Å². The molecule has 1 N–H and O–H groups in total. The number of carbonyl (C=O) groups is 1. The third kappa shape index (κ3) is 3.94. The van der Waals surface area contributed by atoms with Crippen molar-refractivity contribution in [1.29, 1.82) is 0 Å². The minimum Gasteiger partial charge on any atom is -0.436 e. The highest BCUT2D eigenvalue weighted by molar-refractivity contribution is 6.00. The molecule has 6 rings (SSSR count). The van der Waals surface area contributed by atoms with Gasteiger partial charge < -0.3 is 14.6 Å². The number of carbonyl (C=O) groups excluding carboxylic acids is 1. The highest BCUT2D eigenvalue weighted by atomic mass is 16.3. The van der Waals surface area contributed by atoms with Crippen LogP contribution >= 0.6 is 0 Å². The average Bonchev–Trinajstić information content (AvgIpc) is 3.63. The van der Waals surface area contributed by atoms with E-state index in [9.17, 15) is 4.79 Å². The fraction of sp³-hybridized carbons (Fsp3) is 0.407. The molecule has 0 spiro atoms. The molecular formula is C27H29N5O2. The van der Waals surface area contributed by atoms with Gasteiger partial charge in [-0.3, -0.25) is 9.78 Å². The van der Waals surface area contributed by atoms with E-state index in [2.05, 4.69) is 39.2 Å². The van der Waals surface area contributed by atoms with Crippen LogP contribution in [0, 0.1) is 12.8 Å². The Morgan fingerprint density at radius 3 is 2.85 bits per heavy atom. The number of amides is 1. The first-order chi connectivity index (χ1) is 16.6. The molecule has 4 heterocycles. The van der Waals surface area contributed by atoms with Crippen LogP contribution in [0.3, 0.4) is 0 Å². The van der Waals surface area contributed by atoms with Crippen molar-refractivity contribution < 1.29 is 9.21 Å². The SMILES string of the molecule is CCN1CCC[C@H](c2ccc3oc(-c4cnc(C)c5cnc(NC(=O)C6CC6)cc45)nc3c2)C1. The number of nitrogens with zero attached hydrogens (tertiary/aromatic N) is 4. The number of piperidine rings is 1. The van der Waals surface area contributed by atoms with Gasteiger partial charge in [0.05, 0.1) is 5.56 Å². The highest BCUT2D eigenvalue weighted by Gasteiger charge is 2.30. The summed E-state index contributed by atoms with van der Waals surface area (Å²) in [6.45, 7) is 7.57.